The van der Waals surface area contributed by atoms with Gasteiger partial charge < -0.3 is 4.72 Å². The molecule has 0 aliphatic carbocycles. The van der Waals surface area contributed by atoms with Crippen LogP contribution in [0.4, 0.5) is 11.4 Å². The number of benzene rings is 1. The molecule has 0 unspecified atom stereocenters. The Hall–Kier alpha value is -1.34. The van der Waals surface area contributed by atoms with Gasteiger partial charge in [0.2, 0.25) is 0 Å². The molecule has 0 radical (unpaired) electrons. The van der Waals surface area contributed by atoms with Crippen LogP contribution in [-0.2, 0) is 0 Å². The van der Waals surface area contributed by atoms with Crippen molar-refractivity contribution in [1.29, 1.82) is 5.26 Å². The fraction of sp³-hybridized carbons (Fsp3) is 0. The second-order valence-electron chi connectivity index (χ2n) is 2.10. The molecule has 0 bridgehead atoms. The Morgan fingerprint density at radius 1 is 1.45 bits per heavy atom. The van der Waals surface area contributed by atoms with Crippen LogP contribution in [0.3, 0.4) is 0 Å². The summed E-state index contributed by atoms with van der Waals surface area (Å²) < 4.78 is 4.56. The first-order valence-corrected chi connectivity index (χ1v) is 3.91. The summed E-state index contributed by atoms with van der Waals surface area (Å²) in [7, 11) is 0. The second-order valence-corrected chi connectivity index (χ2v) is 2.86. The van der Waals surface area contributed by atoms with Gasteiger partial charge in [0, 0.05) is 0 Å². The molecule has 0 spiro atoms. The lowest BCUT2D eigenvalue weighted by Crippen LogP contribution is -1.99. The number of para-hydroxylation sites is 2. The maximum atomic E-state index is 8.63. The first-order valence-electron chi connectivity index (χ1n) is 3.13. The molecule has 0 saturated carbocycles. The summed E-state index contributed by atoms with van der Waals surface area (Å²) in [6.45, 7) is 0. The van der Waals surface area contributed by atoms with Crippen LogP contribution in [-0.4, -0.2) is 0 Å². The van der Waals surface area contributed by atoms with E-state index in [1.807, 2.05) is 24.3 Å². The maximum Gasteiger partial charge on any atom is 0.196 e. The number of fused-ring (bicyclic) bond motifs is 1. The molecule has 1 aliphatic heterocycles. The molecule has 1 N–H and O–H groups in total. The Labute approximate surface area is 68.9 Å². The molecule has 1 heterocycles. The third-order valence-electron chi connectivity index (χ3n) is 1.46. The number of nitrogens with one attached hydrogen (secondary N) is 1. The Balaban J connectivity index is 2.49. The van der Waals surface area contributed by atoms with E-state index in [0.717, 1.165) is 11.4 Å². The van der Waals surface area contributed by atoms with E-state index in [4.69, 9.17) is 5.26 Å². The van der Waals surface area contributed by atoms with E-state index in [1.54, 1.807) is 0 Å². The zero-order chi connectivity index (χ0) is 7.68. The molecule has 1 aromatic rings. The Morgan fingerprint density at radius 3 is 3.09 bits per heavy atom. The quantitative estimate of drug-likeness (QED) is 0.468. The Kier molecular flexibility index (Phi) is 1.37. The number of hydrogen-bond donors (Lipinski definition) is 1. The molecule has 11 heavy (non-hydrogen) atoms. The van der Waals surface area contributed by atoms with Gasteiger partial charge in [-0.15, -0.1) is 0 Å². The predicted octanol–water partition coefficient (Wildman–Crippen LogP) is 1.96. The minimum atomic E-state index is 0.931. The molecule has 0 fully saturated rings. The summed E-state index contributed by atoms with van der Waals surface area (Å²) in [5, 5.41) is 8.63. The van der Waals surface area contributed by atoms with Crippen molar-refractivity contribution in [3.8, 4) is 6.19 Å². The van der Waals surface area contributed by atoms with E-state index in [2.05, 4.69) is 10.9 Å². The molecule has 0 aromatic heterocycles. The van der Waals surface area contributed by atoms with Gasteiger partial charge >= 0.3 is 0 Å². The van der Waals surface area contributed by atoms with Crippen LogP contribution in [0.2, 0.25) is 0 Å². The molecule has 3 nitrogen and oxygen atoms in total. The summed E-state index contributed by atoms with van der Waals surface area (Å²) in [5.41, 5.74) is 1.93. The lowest BCUT2D eigenvalue weighted by molar-refractivity contribution is 1.41. The molecule has 0 atom stereocenters. The first kappa shape index (κ1) is 6.38. The molecule has 2 rings (SSSR count). The standard InChI is InChI=1S/C7H5N3S/c8-5-10-7-4-2-1-3-6(7)9-11-10/h1-4,9H. The van der Waals surface area contributed by atoms with Crippen molar-refractivity contribution in [2.45, 2.75) is 0 Å². The molecule has 1 aliphatic rings. The second kappa shape index (κ2) is 2.36. The fourth-order valence-electron chi connectivity index (χ4n) is 0.955. The van der Waals surface area contributed by atoms with Crippen molar-refractivity contribution < 1.29 is 0 Å². The summed E-state index contributed by atoms with van der Waals surface area (Å²) in [6.07, 6.45) is 2.05. The van der Waals surface area contributed by atoms with Crippen LogP contribution in [0.15, 0.2) is 24.3 Å². The monoisotopic (exact) mass is 163 g/mol. The van der Waals surface area contributed by atoms with E-state index in [9.17, 15) is 0 Å². The average Bonchev–Trinajstić information content (AvgIpc) is 2.47. The van der Waals surface area contributed by atoms with Gasteiger partial charge in [-0.1, -0.05) is 12.1 Å². The highest BCUT2D eigenvalue weighted by Gasteiger charge is 2.17. The van der Waals surface area contributed by atoms with E-state index >= 15 is 0 Å². The number of rotatable bonds is 0. The summed E-state index contributed by atoms with van der Waals surface area (Å²) in [5.74, 6) is 0. The molecule has 1 aromatic carbocycles. The van der Waals surface area contributed by atoms with Gasteiger partial charge in [0.1, 0.15) is 0 Å². The van der Waals surface area contributed by atoms with E-state index in [-0.39, 0.29) is 0 Å². The van der Waals surface area contributed by atoms with E-state index < -0.39 is 0 Å². The molecular weight excluding hydrogens is 158 g/mol. The zero-order valence-electron chi connectivity index (χ0n) is 5.61. The molecule has 4 heteroatoms. The van der Waals surface area contributed by atoms with Crippen LogP contribution in [0.1, 0.15) is 0 Å². The highest BCUT2D eigenvalue weighted by Crippen LogP contribution is 2.37. The number of anilines is 2. The summed E-state index contributed by atoms with van der Waals surface area (Å²) in [4.78, 5) is 0. The van der Waals surface area contributed by atoms with Gasteiger partial charge in [-0.3, -0.25) is 0 Å². The van der Waals surface area contributed by atoms with Gasteiger partial charge in [0.25, 0.3) is 0 Å². The van der Waals surface area contributed by atoms with E-state index in [0.29, 0.717) is 0 Å². The normalized spacial score (nSPS) is 13.5. The van der Waals surface area contributed by atoms with Crippen LogP contribution < -0.4 is 9.03 Å². The number of nitriles is 1. The van der Waals surface area contributed by atoms with Crippen molar-refractivity contribution >= 4 is 23.5 Å². The van der Waals surface area contributed by atoms with Crippen LogP contribution in [0, 0.1) is 11.5 Å². The highest BCUT2D eigenvalue weighted by molar-refractivity contribution is 8.02. The van der Waals surface area contributed by atoms with E-state index in [1.165, 1.54) is 16.4 Å². The minimum absolute atomic E-state index is 0.931. The topological polar surface area (TPSA) is 39.1 Å². The molecule has 0 saturated heterocycles. The summed E-state index contributed by atoms with van der Waals surface area (Å²) >= 11 is 1.29. The van der Waals surface area contributed by atoms with Gasteiger partial charge in [0.05, 0.1) is 23.5 Å². The maximum absolute atomic E-state index is 8.63. The molecule has 0 amide bonds. The number of nitrogens with zero attached hydrogens (tertiary/aromatic N) is 2. The average molecular weight is 163 g/mol. The first-order chi connectivity index (χ1) is 5.42. The summed E-state index contributed by atoms with van der Waals surface area (Å²) in [6, 6.07) is 7.70. The predicted molar refractivity (Wildman–Crippen MR) is 45.7 cm³/mol. The van der Waals surface area contributed by atoms with Crippen LogP contribution >= 0.6 is 12.1 Å². The minimum Gasteiger partial charge on any atom is -0.309 e. The van der Waals surface area contributed by atoms with Crippen LogP contribution in [0.5, 0.6) is 0 Å². The zero-order valence-corrected chi connectivity index (χ0v) is 6.43. The fourth-order valence-corrected chi connectivity index (χ4v) is 1.62. The Bertz CT molecular complexity index is 318. The largest absolute Gasteiger partial charge is 0.309 e. The number of hydrogen-bond acceptors (Lipinski definition) is 4. The highest BCUT2D eigenvalue weighted by atomic mass is 32.2. The van der Waals surface area contributed by atoms with Crippen molar-refractivity contribution in [2.75, 3.05) is 9.03 Å². The lowest BCUT2D eigenvalue weighted by atomic mass is 10.3. The lowest BCUT2D eigenvalue weighted by Gasteiger charge is -2.01. The third kappa shape index (κ3) is 0.900. The molecule has 54 valence electrons. The smallest absolute Gasteiger partial charge is 0.196 e. The van der Waals surface area contributed by atoms with Gasteiger partial charge in [-0.2, -0.15) is 5.26 Å². The van der Waals surface area contributed by atoms with Crippen molar-refractivity contribution in [3.05, 3.63) is 24.3 Å². The van der Waals surface area contributed by atoms with Gasteiger partial charge in [-0.25, -0.2) is 4.31 Å². The van der Waals surface area contributed by atoms with Crippen molar-refractivity contribution in [1.82, 2.24) is 0 Å². The SMILES string of the molecule is N#CN1SNc2ccccc21. The van der Waals surface area contributed by atoms with Gasteiger partial charge in [0.15, 0.2) is 6.19 Å². The van der Waals surface area contributed by atoms with Crippen LogP contribution in [0.25, 0.3) is 0 Å². The Morgan fingerprint density at radius 2 is 2.27 bits per heavy atom. The van der Waals surface area contributed by atoms with Crippen molar-refractivity contribution in [3.63, 3.8) is 0 Å². The van der Waals surface area contributed by atoms with Gasteiger partial charge in [-0.05, 0) is 12.1 Å². The van der Waals surface area contributed by atoms with Crippen molar-refractivity contribution in [2.24, 2.45) is 0 Å². The third-order valence-corrected chi connectivity index (χ3v) is 2.23. The molecular formula is C7H5N3S.